The molecular weight excluding hydrogens is 136 g/mol. The van der Waals surface area contributed by atoms with Crippen LogP contribution in [-0.4, -0.2) is 31.1 Å². The van der Waals surface area contributed by atoms with Gasteiger partial charge in [-0.05, 0) is 0 Å². The van der Waals surface area contributed by atoms with Crippen LogP contribution in [0.2, 0.25) is 18.6 Å². The maximum Gasteiger partial charge on any atom is 0.316 e. The monoisotopic (exact) mass is 153 g/mol. The molecule has 0 spiro atoms. The Kier molecular flexibility index (Phi) is 4.42. The first kappa shape index (κ1) is 9.98. The zero-order chi connectivity index (χ0) is 6.04. The molecule has 0 amide bonds. The van der Waals surface area contributed by atoms with Crippen LogP contribution in [0.4, 0.5) is 0 Å². The fourth-order valence-electron chi connectivity index (χ4n) is 1.41. The summed E-state index contributed by atoms with van der Waals surface area (Å²) in [5.74, 6) is 0. The quantitative estimate of drug-likeness (QED) is 0.465. The van der Waals surface area contributed by atoms with Crippen LogP contribution in [0.1, 0.15) is 19.3 Å². The highest BCUT2D eigenvalue weighted by Crippen LogP contribution is 2.26. The van der Waals surface area contributed by atoms with E-state index in [4.69, 9.17) is 0 Å². The van der Waals surface area contributed by atoms with Crippen molar-refractivity contribution < 1.29 is 0 Å². The first-order valence-electron chi connectivity index (χ1n) is 3.56. The van der Waals surface area contributed by atoms with Crippen molar-refractivity contribution in [2.24, 2.45) is 0 Å². The molecular formula is C7H17MgSi. The Labute approximate surface area is 75.6 Å². The Balaban J connectivity index is 0.000000640. The molecule has 1 saturated heterocycles. The Morgan fingerprint density at radius 1 is 1.11 bits per heavy atom. The van der Waals surface area contributed by atoms with Crippen LogP contribution >= 0.6 is 0 Å². The molecule has 1 fully saturated rings. The molecule has 0 N–H and O–H groups in total. The van der Waals surface area contributed by atoms with Crippen LogP contribution in [0.15, 0.2) is 0 Å². The summed E-state index contributed by atoms with van der Waals surface area (Å²) in [6.45, 7) is 6.68. The van der Waals surface area contributed by atoms with E-state index < -0.39 is 8.07 Å². The molecule has 0 atom stereocenters. The highest BCUT2D eigenvalue weighted by atomic mass is 28.3. The summed E-state index contributed by atoms with van der Waals surface area (Å²) in [4.78, 5) is 0. The van der Waals surface area contributed by atoms with Crippen LogP contribution in [0.3, 0.4) is 0 Å². The van der Waals surface area contributed by atoms with Crippen LogP contribution in [0, 0.1) is 6.55 Å². The molecule has 0 nitrogen and oxygen atoms in total. The molecule has 0 unspecified atom stereocenters. The van der Waals surface area contributed by atoms with Crippen LogP contribution in [0.25, 0.3) is 0 Å². The molecule has 0 aromatic rings. The third-order valence-corrected chi connectivity index (χ3v) is 5.18. The van der Waals surface area contributed by atoms with Gasteiger partial charge in [0.25, 0.3) is 0 Å². The normalized spacial score (nSPS) is 24.7. The molecule has 1 radical (unpaired) electrons. The second-order valence-corrected chi connectivity index (χ2v) is 7.99. The summed E-state index contributed by atoms with van der Waals surface area (Å²) in [5.41, 5.74) is 0. The molecule has 51 valence electrons. The van der Waals surface area contributed by atoms with Crippen molar-refractivity contribution in [2.45, 2.75) is 37.9 Å². The number of hydrogen-bond acceptors (Lipinski definition) is 0. The van der Waals surface area contributed by atoms with E-state index in [9.17, 15) is 0 Å². The largest absolute Gasteiger partial charge is 0.316 e. The van der Waals surface area contributed by atoms with Crippen molar-refractivity contribution in [3.63, 3.8) is 0 Å². The van der Waals surface area contributed by atoms with Gasteiger partial charge >= 0.3 is 23.1 Å². The van der Waals surface area contributed by atoms with Crippen molar-refractivity contribution in [2.75, 3.05) is 0 Å². The maximum absolute atomic E-state index is 4.27. The lowest BCUT2D eigenvalue weighted by Gasteiger charge is -2.26. The standard InChI is InChI=1S/C7H15Si.Mg.2H/c1-8(2)6-4-3-5-7-8;;;/h1,3-7H2,2H3;;;. The second kappa shape index (κ2) is 3.99. The highest BCUT2D eigenvalue weighted by molar-refractivity contribution is 6.80. The van der Waals surface area contributed by atoms with E-state index >= 15 is 0 Å². The molecule has 1 rings (SSSR count). The predicted octanol–water partition coefficient (Wildman–Crippen LogP) is 1.71. The summed E-state index contributed by atoms with van der Waals surface area (Å²) < 4.78 is 0. The van der Waals surface area contributed by atoms with Crippen molar-refractivity contribution in [1.29, 1.82) is 0 Å². The predicted molar refractivity (Wildman–Crippen MR) is 49.0 cm³/mol. The fourth-order valence-corrected chi connectivity index (χ4v) is 3.86. The fraction of sp³-hybridized carbons (Fsp3) is 0.857. The first-order chi connectivity index (χ1) is 3.71. The Morgan fingerprint density at radius 2 is 1.56 bits per heavy atom. The molecule has 2 heteroatoms. The molecule has 0 aliphatic carbocycles. The number of rotatable bonds is 0. The maximum atomic E-state index is 4.27. The van der Waals surface area contributed by atoms with Crippen molar-refractivity contribution in [3.05, 3.63) is 6.55 Å². The van der Waals surface area contributed by atoms with Gasteiger partial charge in [0, 0.05) is 0 Å². The topological polar surface area (TPSA) is 0 Å². The average Bonchev–Trinajstić information content (AvgIpc) is 1.65. The lowest BCUT2D eigenvalue weighted by molar-refractivity contribution is 0.716. The van der Waals surface area contributed by atoms with Crippen molar-refractivity contribution in [3.8, 4) is 0 Å². The molecule has 1 heterocycles. The van der Waals surface area contributed by atoms with Gasteiger partial charge in [-0.3, -0.25) is 0 Å². The first-order valence-corrected chi connectivity index (χ1v) is 6.68. The van der Waals surface area contributed by atoms with Crippen LogP contribution in [-0.2, 0) is 0 Å². The molecule has 1 aliphatic heterocycles. The summed E-state index contributed by atoms with van der Waals surface area (Å²) in [6, 6.07) is 2.96. The Hall–Kier alpha value is 0.983. The van der Waals surface area contributed by atoms with Gasteiger partial charge in [-0.1, -0.05) is 44.4 Å². The molecule has 9 heavy (non-hydrogen) atoms. The van der Waals surface area contributed by atoms with Crippen LogP contribution in [0.5, 0.6) is 0 Å². The van der Waals surface area contributed by atoms with Crippen molar-refractivity contribution >= 4 is 31.1 Å². The summed E-state index contributed by atoms with van der Waals surface area (Å²) in [7, 11) is -0.840. The minimum Gasteiger partial charge on any atom is -0.0692 e. The molecule has 0 bridgehead atoms. The van der Waals surface area contributed by atoms with Gasteiger partial charge in [0.15, 0.2) is 0 Å². The van der Waals surface area contributed by atoms with Gasteiger partial charge in [0.2, 0.25) is 0 Å². The smallest absolute Gasteiger partial charge is 0.0692 e. The van der Waals surface area contributed by atoms with Gasteiger partial charge in [-0.15, -0.1) is 0 Å². The van der Waals surface area contributed by atoms with E-state index in [0.717, 1.165) is 0 Å². The lowest BCUT2D eigenvalue weighted by atomic mass is 10.3. The lowest BCUT2D eigenvalue weighted by Crippen LogP contribution is -2.28. The summed E-state index contributed by atoms with van der Waals surface area (Å²) >= 11 is 0. The third kappa shape index (κ3) is 3.63. The van der Waals surface area contributed by atoms with E-state index in [1.165, 1.54) is 31.4 Å². The molecule has 0 aromatic heterocycles. The minimum absolute atomic E-state index is 0. The third-order valence-electron chi connectivity index (χ3n) is 2.06. The Morgan fingerprint density at radius 3 is 1.78 bits per heavy atom. The molecule has 1 aliphatic rings. The zero-order valence-electron chi connectivity index (χ0n) is 5.74. The van der Waals surface area contributed by atoms with E-state index in [0.29, 0.717) is 0 Å². The Bertz CT molecular complexity index is 73.0. The summed E-state index contributed by atoms with van der Waals surface area (Å²) in [6.07, 6.45) is 4.40. The van der Waals surface area contributed by atoms with Crippen LogP contribution < -0.4 is 0 Å². The molecule has 0 saturated carbocycles. The zero-order valence-corrected chi connectivity index (χ0v) is 6.74. The van der Waals surface area contributed by atoms with Gasteiger partial charge in [0.05, 0.1) is 8.07 Å². The van der Waals surface area contributed by atoms with E-state index in [-0.39, 0.29) is 23.1 Å². The van der Waals surface area contributed by atoms with Gasteiger partial charge in [0.1, 0.15) is 0 Å². The van der Waals surface area contributed by atoms with Crippen molar-refractivity contribution in [1.82, 2.24) is 0 Å². The SMILES string of the molecule is [CH2][Si]1(C)CCCCC1.[MgH2]. The minimum atomic E-state index is -0.840. The van der Waals surface area contributed by atoms with E-state index in [1.807, 2.05) is 0 Å². The van der Waals surface area contributed by atoms with E-state index in [2.05, 4.69) is 13.1 Å². The molecule has 0 aromatic carbocycles. The van der Waals surface area contributed by atoms with Gasteiger partial charge in [-0.2, -0.15) is 0 Å². The van der Waals surface area contributed by atoms with E-state index in [1.54, 1.807) is 0 Å². The second-order valence-electron chi connectivity index (χ2n) is 3.37. The van der Waals surface area contributed by atoms with Gasteiger partial charge in [-0.25, -0.2) is 0 Å². The number of hydrogen-bond donors (Lipinski definition) is 0. The summed E-state index contributed by atoms with van der Waals surface area (Å²) in [5, 5.41) is 0. The average molecular weight is 154 g/mol. The highest BCUT2D eigenvalue weighted by Gasteiger charge is 2.22. The van der Waals surface area contributed by atoms with Gasteiger partial charge < -0.3 is 0 Å².